The second-order valence-electron chi connectivity index (χ2n) is 12.9. The van der Waals surface area contributed by atoms with E-state index in [1.54, 1.807) is 27.7 Å². The number of epoxide rings is 1. The maximum Gasteiger partial charge on any atom is 0.303 e. The van der Waals surface area contributed by atoms with Gasteiger partial charge in [-0.1, -0.05) is 20.8 Å². The van der Waals surface area contributed by atoms with E-state index in [0.717, 1.165) is 0 Å². The average Bonchev–Trinajstić information content (AvgIpc) is 3.61. The Morgan fingerprint density at radius 2 is 1.26 bits per heavy atom. The van der Waals surface area contributed by atoms with Gasteiger partial charge in [0.25, 0.3) is 0 Å². The Balaban J connectivity index is 2.08. The number of carbonyl (C=O) groups excluding carboxylic acids is 5. The van der Waals surface area contributed by atoms with Crippen LogP contribution in [0.2, 0.25) is 0 Å². The highest BCUT2D eigenvalue weighted by Gasteiger charge is 2.76. The van der Waals surface area contributed by atoms with Crippen LogP contribution < -0.4 is 0 Å². The molecule has 12 nitrogen and oxygen atoms in total. The lowest BCUT2D eigenvalue weighted by Gasteiger charge is -2.62. The van der Waals surface area contributed by atoms with Crippen molar-refractivity contribution in [2.24, 2.45) is 16.7 Å². The molecule has 2 saturated carbocycles. The van der Waals surface area contributed by atoms with E-state index in [-0.39, 0.29) is 25.9 Å². The number of hydrogen-bond acceptors (Lipinski definition) is 12. The zero-order valence-electron chi connectivity index (χ0n) is 25.7. The lowest BCUT2D eigenvalue weighted by Crippen LogP contribution is -2.71. The fraction of sp³-hybridized carbons (Fsp3) is 0.767. The first-order valence-electron chi connectivity index (χ1n) is 14.2. The van der Waals surface area contributed by atoms with Gasteiger partial charge in [0.2, 0.25) is 0 Å². The predicted molar refractivity (Wildman–Crippen MR) is 143 cm³/mol. The molecule has 0 aromatic carbocycles. The summed E-state index contributed by atoms with van der Waals surface area (Å²) in [4.78, 5) is 62.3. The van der Waals surface area contributed by atoms with Gasteiger partial charge in [0.15, 0.2) is 12.2 Å². The van der Waals surface area contributed by atoms with Crippen molar-refractivity contribution in [3.8, 4) is 0 Å². The molecule has 42 heavy (non-hydrogen) atoms. The van der Waals surface area contributed by atoms with Crippen molar-refractivity contribution in [3.63, 3.8) is 0 Å². The van der Waals surface area contributed by atoms with E-state index in [2.05, 4.69) is 0 Å². The number of rotatable bonds is 5. The van der Waals surface area contributed by atoms with Gasteiger partial charge in [0, 0.05) is 58.8 Å². The number of aliphatic hydroxyl groups is 1. The largest absolute Gasteiger partial charge is 0.462 e. The van der Waals surface area contributed by atoms with Crippen molar-refractivity contribution in [3.05, 3.63) is 11.1 Å². The van der Waals surface area contributed by atoms with Gasteiger partial charge in [-0.05, 0) is 24.5 Å². The van der Waals surface area contributed by atoms with Crippen LogP contribution in [-0.2, 0) is 52.4 Å². The van der Waals surface area contributed by atoms with Crippen molar-refractivity contribution in [1.29, 1.82) is 0 Å². The number of carbonyl (C=O) groups is 5. The monoisotopic (exact) mass is 594 g/mol. The van der Waals surface area contributed by atoms with Crippen LogP contribution in [0.15, 0.2) is 11.1 Å². The van der Waals surface area contributed by atoms with E-state index in [9.17, 15) is 29.1 Å². The van der Waals surface area contributed by atoms with Crippen LogP contribution in [0.4, 0.5) is 0 Å². The summed E-state index contributed by atoms with van der Waals surface area (Å²) >= 11 is 0. The maximum atomic E-state index is 12.8. The minimum absolute atomic E-state index is 0.00509. The molecular weight excluding hydrogens is 552 g/mol. The van der Waals surface area contributed by atoms with E-state index < -0.39 is 88.3 Å². The van der Waals surface area contributed by atoms with Gasteiger partial charge in [0.05, 0.1) is 17.6 Å². The predicted octanol–water partition coefficient (Wildman–Crippen LogP) is 2.32. The summed E-state index contributed by atoms with van der Waals surface area (Å²) in [6, 6.07) is 0. The van der Waals surface area contributed by atoms with Crippen molar-refractivity contribution < 1.29 is 57.5 Å². The molecule has 1 heterocycles. The molecule has 4 rings (SSSR count). The maximum absolute atomic E-state index is 12.8. The van der Waals surface area contributed by atoms with Crippen LogP contribution in [-0.4, -0.2) is 83.3 Å². The molecule has 1 saturated heterocycles. The molecule has 2 bridgehead atoms. The van der Waals surface area contributed by atoms with Crippen LogP contribution in [0.25, 0.3) is 0 Å². The molecule has 1 N–H and O–H groups in total. The Bertz CT molecular complexity index is 1210. The third kappa shape index (κ3) is 5.10. The standard InChI is InChI=1S/C30H42O12/c1-14-20(38-15(2)31)11-29(36)12-21-28(9,22(39-16(3)32)10-23(40-17(4)33)30(21)13-37-30)26(42-19(6)35)25(41-18(5)34)24(14)27(29,7)8/h20-23,25-26,36H,10-13H2,1-9H3. The first-order valence-corrected chi connectivity index (χ1v) is 14.2. The summed E-state index contributed by atoms with van der Waals surface area (Å²) < 4.78 is 35.4. The summed E-state index contributed by atoms with van der Waals surface area (Å²) in [5.74, 6) is -3.85. The Morgan fingerprint density at radius 3 is 1.74 bits per heavy atom. The highest BCUT2D eigenvalue weighted by atomic mass is 16.6. The van der Waals surface area contributed by atoms with Gasteiger partial charge in [-0.15, -0.1) is 0 Å². The van der Waals surface area contributed by atoms with E-state index in [1.165, 1.54) is 34.6 Å². The molecule has 1 spiro atoms. The lowest BCUT2D eigenvalue weighted by atomic mass is 9.47. The average molecular weight is 595 g/mol. The highest BCUT2D eigenvalue weighted by molar-refractivity contribution is 5.69. The Hall–Kier alpha value is -2.99. The van der Waals surface area contributed by atoms with E-state index in [4.69, 9.17) is 28.4 Å². The van der Waals surface area contributed by atoms with Gasteiger partial charge in [-0.25, -0.2) is 0 Å². The van der Waals surface area contributed by atoms with Gasteiger partial charge in [0.1, 0.15) is 23.9 Å². The van der Waals surface area contributed by atoms with Gasteiger partial charge < -0.3 is 33.5 Å². The van der Waals surface area contributed by atoms with Crippen LogP contribution in [0, 0.1) is 16.7 Å². The number of esters is 5. The van der Waals surface area contributed by atoms with Crippen molar-refractivity contribution in [2.75, 3.05) is 6.61 Å². The summed E-state index contributed by atoms with van der Waals surface area (Å²) in [7, 11) is 0. The minimum atomic E-state index is -1.59. The SMILES string of the molecule is CC(=O)OC1CC2(O)CC3C4(CO4)C(OC(C)=O)CC(OC(C)=O)C3(C)C(OC(C)=O)C(OC(C)=O)C(=C1C)C2(C)C. The molecule has 3 fully saturated rings. The van der Waals surface area contributed by atoms with Crippen LogP contribution >= 0.6 is 0 Å². The molecule has 9 atom stereocenters. The Labute approximate surface area is 245 Å². The molecular formula is C30H42O12. The van der Waals surface area contributed by atoms with Crippen LogP contribution in [0.3, 0.4) is 0 Å². The zero-order chi connectivity index (χ0) is 31.6. The Kier molecular flexibility index (Phi) is 8.08. The summed E-state index contributed by atoms with van der Waals surface area (Å²) in [5.41, 5.74) is -4.12. The molecule has 0 aromatic heterocycles. The molecule has 0 radical (unpaired) electrons. The first kappa shape index (κ1) is 31.9. The molecule has 3 aliphatic carbocycles. The van der Waals surface area contributed by atoms with Gasteiger partial charge in [-0.3, -0.25) is 24.0 Å². The lowest BCUT2D eigenvalue weighted by molar-refractivity contribution is -0.249. The van der Waals surface area contributed by atoms with E-state index >= 15 is 0 Å². The zero-order valence-corrected chi connectivity index (χ0v) is 25.7. The van der Waals surface area contributed by atoms with E-state index in [1.807, 2.05) is 0 Å². The van der Waals surface area contributed by atoms with Crippen LogP contribution in [0.1, 0.15) is 81.6 Å². The summed E-state index contributed by atoms with van der Waals surface area (Å²) in [5, 5.41) is 12.7. The normalized spacial score (nSPS) is 40.0. The van der Waals surface area contributed by atoms with E-state index in [0.29, 0.717) is 11.1 Å². The summed E-state index contributed by atoms with van der Waals surface area (Å²) in [6.45, 7) is 13.5. The molecule has 12 heteroatoms. The van der Waals surface area contributed by atoms with Crippen molar-refractivity contribution in [1.82, 2.24) is 0 Å². The minimum Gasteiger partial charge on any atom is -0.462 e. The highest BCUT2D eigenvalue weighted by Crippen LogP contribution is 2.66. The third-order valence-corrected chi connectivity index (χ3v) is 9.98. The second-order valence-corrected chi connectivity index (χ2v) is 12.9. The molecule has 1 aliphatic heterocycles. The fourth-order valence-electron chi connectivity index (χ4n) is 7.95. The number of hydrogen-bond donors (Lipinski definition) is 1. The Morgan fingerprint density at radius 1 is 0.762 bits per heavy atom. The first-order chi connectivity index (χ1) is 19.3. The summed E-state index contributed by atoms with van der Waals surface area (Å²) in [6.07, 6.45) is -5.19. The molecule has 0 aromatic rings. The van der Waals surface area contributed by atoms with Crippen molar-refractivity contribution in [2.45, 2.75) is 123 Å². The number of ether oxygens (including phenoxy) is 6. The van der Waals surface area contributed by atoms with Gasteiger partial charge >= 0.3 is 29.8 Å². The molecule has 234 valence electrons. The molecule has 4 aliphatic rings. The second kappa shape index (κ2) is 10.6. The smallest absolute Gasteiger partial charge is 0.303 e. The topological polar surface area (TPSA) is 164 Å². The fourth-order valence-corrected chi connectivity index (χ4v) is 7.95. The van der Waals surface area contributed by atoms with Gasteiger partial charge in [-0.2, -0.15) is 0 Å². The molecule has 9 unspecified atom stereocenters. The quantitative estimate of drug-likeness (QED) is 0.214. The van der Waals surface area contributed by atoms with Crippen molar-refractivity contribution >= 4 is 29.8 Å². The van der Waals surface area contributed by atoms with Crippen LogP contribution in [0.5, 0.6) is 0 Å². The molecule has 0 amide bonds. The third-order valence-electron chi connectivity index (χ3n) is 9.98. The number of fused-ring (bicyclic) bond motifs is 4.